The summed E-state index contributed by atoms with van der Waals surface area (Å²) < 4.78 is 16.7. The SMILES string of the molecule is CC/C=C\C/C=C\C/C=C\C/C=C\C/C=C\C/C=C\C/C=C\CCCC(=O)OC(COC(=O)CCCCCCCC)COC(=O)CCCCCCCCCCC/C=C\C/C=C\C/C=C\C/C=C\C/C=C\CC. The molecule has 0 rings (SSSR count). The summed E-state index contributed by atoms with van der Waals surface area (Å²) in [6.45, 7) is 6.28. The Morgan fingerprint density at radius 3 is 0.889 bits per heavy atom. The molecular formula is C66H104O6. The molecule has 0 spiro atoms. The molecule has 0 aromatic carbocycles. The minimum atomic E-state index is -0.814. The predicted molar refractivity (Wildman–Crippen MR) is 311 cm³/mol. The molecule has 0 aromatic rings. The summed E-state index contributed by atoms with van der Waals surface area (Å²) in [6, 6.07) is 0. The van der Waals surface area contributed by atoms with E-state index in [4.69, 9.17) is 14.2 Å². The van der Waals surface area contributed by atoms with Crippen LogP contribution < -0.4 is 0 Å². The van der Waals surface area contributed by atoms with Gasteiger partial charge in [0.2, 0.25) is 0 Å². The lowest BCUT2D eigenvalue weighted by molar-refractivity contribution is -0.167. The molecule has 0 saturated carbocycles. The third-order valence-electron chi connectivity index (χ3n) is 11.6. The third-order valence-corrected chi connectivity index (χ3v) is 11.6. The molecule has 0 bridgehead atoms. The Morgan fingerprint density at radius 1 is 0.292 bits per heavy atom. The predicted octanol–water partition coefficient (Wildman–Crippen LogP) is 19.6. The van der Waals surface area contributed by atoms with E-state index in [1.54, 1.807) is 0 Å². The Hall–Kier alpha value is -4.71. The van der Waals surface area contributed by atoms with Crippen molar-refractivity contribution < 1.29 is 28.6 Å². The highest BCUT2D eigenvalue weighted by molar-refractivity contribution is 5.71. The van der Waals surface area contributed by atoms with E-state index in [9.17, 15) is 14.4 Å². The van der Waals surface area contributed by atoms with Gasteiger partial charge >= 0.3 is 17.9 Å². The van der Waals surface area contributed by atoms with Crippen LogP contribution in [-0.4, -0.2) is 37.2 Å². The standard InChI is InChI=1S/C66H104O6/c1-4-7-10-13-16-18-20-22-24-26-28-30-32-33-35-36-38-40-42-44-46-48-50-53-56-59-65(68)71-62-63(61-70-64(67)58-55-52-15-12-9-6-3)72-66(69)60-57-54-51-49-47-45-43-41-39-37-34-31-29-27-25-23-21-19-17-14-11-8-5-2/h7-8,10-11,16-19,22-25,28-31,33,35,37,39,43,45,49,51,63H,4-6,9,12-15,20-21,26-27,32,34,36,38,40-42,44,46-48,50,52-62H2,1-3H3/b10-7-,11-8-,18-16-,19-17-,24-22-,25-23-,30-28-,31-29-,35-33-,39-37-,45-43-,51-49-. The van der Waals surface area contributed by atoms with Gasteiger partial charge in [-0.1, -0.05) is 244 Å². The minimum absolute atomic E-state index is 0.108. The van der Waals surface area contributed by atoms with Gasteiger partial charge in [-0.05, 0) is 116 Å². The Labute approximate surface area is 442 Å². The highest BCUT2D eigenvalue weighted by atomic mass is 16.6. The molecule has 0 heterocycles. The van der Waals surface area contributed by atoms with Crippen LogP contribution in [0.15, 0.2) is 146 Å². The molecule has 1 atom stereocenters. The quantitative estimate of drug-likeness (QED) is 0.0261. The summed E-state index contributed by atoms with van der Waals surface area (Å²) in [7, 11) is 0. The lowest BCUT2D eigenvalue weighted by Gasteiger charge is -2.18. The van der Waals surface area contributed by atoms with Gasteiger partial charge in [-0.2, -0.15) is 0 Å². The highest BCUT2D eigenvalue weighted by Crippen LogP contribution is 2.13. The molecule has 0 N–H and O–H groups in total. The fourth-order valence-corrected chi connectivity index (χ4v) is 7.34. The Morgan fingerprint density at radius 2 is 0.556 bits per heavy atom. The van der Waals surface area contributed by atoms with Crippen LogP contribution in [0.5, 0.6) is 0 Å². The number of allylic oxidation sites excluding steroid dienone is 24. The van der Waals surface area contributed by atoms with E-state index in [1.807, 2.05) is 0 Å². The zero-order valence-corrected chi connectivity index (χ0v) is 46.1. The number of rotatable bonds is 50. The van der Waals surface area contributed by atoms with Crippen molar-refractivity contribution in [3.8, 4) is 0 Å². The molecular weight excluding hydrogens is 889 g/mol. The highest BCUT2D eigenvalue weighted by Gasteiger charge is 2.19. The molecule has 0 saturated heterocycles. The van der Waals surface area contributed by atoms with Gasteiger partial charge in [0.05, 0.1) is 0 Å². The van der Waals surface area contributed by atoms with Crippen LogP contribution in [0.3, 0.4) is 0 Å². The maximum Gasteiger partial charge on any atom is 0.306 e. The van der Waals surface area contributed by atoms with Crippen LogP contribution in [0.4, 0.5) is 0 Å². The molecule has 72 heavy (non-hydrogen) atoms. The smallest absolute Gasteiger partial charge is 0.306 e. The zero-order valence-electron chi connectivity index (χ0n) is 46.1. The Balaban J connectivity index is 4.29. The Kier molecular flexibility index (Phi) is 55.0. The molecule has 0 amide bonds. The van der Waals surface area contributed by atoms with Gasteiger partial charge in [-0.15, -0.1) is 0 Å². The van der Waals surface area contributed by atoms with Crippen molar-refractivity contribution in [1.82, 2.24) is 0 Å². The normalized spacial score (nSPS) is 13.2. The molecule has 0 aromatic heterocycles. The monoisotopic (exact) mass is 993 g/mol. The van der Waals surface area contributed by atoms with Crippen LogP contribution >= 0.6 is 0 Å². The van der Waals surface area contributed by atoms with E-state index in [-0.39, 0.29) is 37.5 Å². The molecule has 0 aliphatic rings. The van der Waals surface area contributed by atoms with Gasteiger partial charge < -0.3 is 14.2 Å². The molecule has 0 fully saturated rings. The summed E-state index contributed by atoms with van der Waals surface area (Å²) in [5.74, 6) is -0.992. The number of carbonyl (C=O) groups is 3. The van der Waals surface area contributed by atoms with Gasteiger partial charge in [-0.3, -0.25) is 14.4 Å². The van der Waals surface area contributed by atoms with Crippen LogP contribution in [0.25, 0.3) is 0 Å². The van der Waals surface area contributed by atoms with Gasteiger partial charge in [-0.25, -0.2) is 0 Å². The second-order valence-electron chi connectivity index (χ2n) is 18.4. The average molecular weight is 994 g/mol. The minimum Gasteiger partial charge on any atom is -0.462 e. The molecule has 404 valence electrons. The van der Waals surface area contributed by atoms with Crippen LogP contribution in [-0.2, 0) is 28.6 Å². The summed E-state index contributed by atoms with van der Waals surface area (Å²) >= 11 is 0. The number of carbonyl (C=O) groups excluding carboxylic acids is 3. The molecule has 6 heteroatoms. The third kappa shape index (κ3) is 56.2. The van der Waals surface area contributed by atoms with Crippen molar-refractivity contribution in [2.45, 2.75) is 239 Å². The van der Waals surface area contributed by atoms with E-state index in [0.29, 0.717) is 19.3 Å². The van der Waals surface area contributed by atoms with Gasteiger partial charge in [0.1, 0.15) is 13.2 Å². The second-order valence-corrected chi connectivity index (χ2v) is 18.4. The van der Waals surface area contributed by atoms with Crippen LogP contribution in [0.2, 0.25) is 0 Å². The molecule has 0 aliphatic heterocycles. The van der Waals surface area contributed by atoms with Crippen LogP contribution in [0, 0.1) is 0 Å². The number of unbranched alkanes of at least 4 members (excludes halogenated alkanes) is 15. The van der Waals surface area contributed by atoms with Crippen molar-refractivity contribution in [2.24, 2.45) is 0 Å². The number of ether oxygens (including phenoxy) is 3. The molecule has 6 nitrogen and oxygen atoms in total. The van der Waals surface area contributed by atoms with Crippen molar-refractivity contribution in [3.05, 3.63) is 146 Å². The first-order valence-corrected chi connectivity index (χ1v) is 28.8. The fourth-order valence-electron chi connectivity index (χ4n) is 7.34. The Bertz CT molecular complexity index is 1610. The molecule has 0 aliphatic carbocycles. The number of esters is 3. The number of hydrogen-bond acceptors (Lipinski definition) is 6. The van der Waals surface area contributed by atoms with Crippen molar-refractivity contribution in [1.29, 1.82) is 0 Å². The van der Waals surface area contributed by atoms with E-state index in [1.165, 1.54) is 57.8 Å². The average Bonchev–Trinajstić information content (AvgIpc) is 3.38. The van der Waals surface area contributed by atoms with Gasteiger partial charge in [0.25, 0.3) is 0 Å². The molecule has 0 radical (unpaired) electrons. The number of hydrogen-bond donors (Lipinski definition) is 0. The summed E-state index contributed by atoms with van der Waals surface area (Å²) in [5.41, 5.74) is 0. The van der Waals surface area contributed by atoms with Crippen molar-refractivity contribution in [3.63, 3.8) is 0 Å². The van der Waals surface area contributed by atoms with E-state index in [2.05, 4.69) is 167 Å². The zero-order chi connectivity index (χ0) is 52.2. The van der Waals surface area contributed by atoms with E-state index < -0.39 is 6.10 Å². The first-order valence-electron chi connectivity index (χ1n) is 28.8. The van der Waals surface area contributed by atoms with Gasteiger partial charge in [0, 0.05) is 19.3 Å². The summed E-state index contributed by atoms with van der Waals surface area (Å²) in [6.07, 6.45) is 84.5. The fraction of sp³-hybridized carbons (Fsp3) is 0.591. The molecule has 1 unspecified atom stereocenters. The van der Waals surface area contributed by atoms with Gasteiger partial charge in [0.15, 0.2) is 6.10 Å². The topological polar surface area (TPSA) is 78.9 Å². The maximum absolute atomic E-state index is 12.8. The first-order chi connectivity index (χ1) is 35.5. The van der Waals surface area contributed by atoms with Crippen molar-refractivity contribution >= 4 is 17.9 Å². The van der Waals surface area contributed by atoms with E-state index in [0.717, 1.165) is 128 Å². The summed E-state index contributed by atoms with van der Waals surface area (Å²) in [4.78, 5) is 37.9. The van der Waals surface area contributed by atoms with Crippen LogP contribution in [0.1, 0.15) is 233 Å². The summed E-state index contributed by atoms with van der Waals surface area (Å²) in [5, 5.41) is 0. The van der Waals surface area contributed by atoms with Crippen molar-refractivity contribution in [2.75, 3.05) is 13.2 Å². The lowest BCUT2D eigenvalue weighted by Crippen LogP contribution is -2.30. The second kappa shape index (κ2) is 58.9. The maximum atomic E-state index is 12.8. The lowest BCUT2D eigenvalue weighted by atomic mass is 10.1. The largest absolute Gasteiger partial charge is 0.462 e. The van der Waals surface area contributed by atoms with E-state index >= 15 is 0 Å². The first kappa shape index (κ1) is 67.3.